The van der Waals surface area contributed by atoms with E-state index in [0.717, 1.165) is 29.5 Å². The zero-order valence-corrected chi connectivity index (χ0v) is 18.6. The van der Waals surface area contributed by atoms with E-state index in [1.54, 1.807) is 55.9 Å². The van der Waals surface area contributed by atoms with Crippen LogP contribution in [0.25, 0.3) is 11.1 Å². The van der Waals surface area contributed by atoms with Crippen LogP contribution in [0.1, 0.15) is 28.8 Å². The zero-order valence-electron chi connectivity index (χ0n) is 18.6. The third kappa shape index (κ3) is 4.54. The Balaban J connectivity index is 1.59. The lowest BCUT2D eigenvalue weighted by Crippen LogP contribution is -2.54. The minimum absolute atomic E-state index is 0.0678. The fourth-order valence-electron chi connectivity index (χ4n) is 4.60. The Labute approximate surface area is 188 Å². The van der Waals surface area contributed by atoms with Crippen molar-refractivity contribution in [3.63, 3.8) is 0 Å². The Kier molecular flexibility index (Phi) is 6.30. The number of benzene rings is 1. The van der Waals surface area contributed by atoms with E-state index in [4.69, 9.17) is 0 Å². The molecule has 6 heteroatoms. The molecule has 0 N–H and O–H groups in total. The van der Waals surface area contributed by atoms with Crippen LogP contribution < -0.4 is 0 Å². The molecular weight excluding hydrogens is 400 g/mol. The number of piperidine rings is 1. The standard InChI is InChI=1S/C26H28N4O2/c1-29(2)25(32)26(12-4-16-30(19-26)24(31)23-5-3-13-28-18-23)17-20-6-8-21(9-7-20)22-10-14-27-15-11-22/h3,5-11,13-15,18H,4,12,16-17,19H2,1-2H3/t26-/m0/s1. The van der Waals surface area contributed by atoms with E-state index in [-0.39, 0.29) is 11.8 Å². The van der Waals surface area contributed by atoms with Crippen LogP contribution in [0.15, 0.2) is 73.3 Å². The van der Waals surface area contributed by atoms with Gasteiger partial charge in [0.25, 0.3) is 5.91 Å². The fourth-order valence-corrected chi connectivity index (χ4v) is 4.60. The molecule has 1 fully saturated rings. The lowest BCUT2D eigenvalue weighted by molar-refractivity contribution is -0.142. The SMILES string of the molecule is CN(C)C(=O)[C@]1(Cc2ccc(-c3ccncc3)cc2)CCCN(C(=O)c2cccnc2)C1. The third-order valence-corrected chi connectivity index (χ3v) is 6.14. The Bertz CT molecular complexity index is 1070. The van der Waals surface area contributed by atoms with Gasteiger partial charge in [-0.2, -0.15) is 0 Å². The van der Waals surface area contributed by atoms with Crippen molar-refractivity contribution in [1.82, 2.24) is 19.8 Å². The molecule has 4 rings (SSSR count). The fraction of sp³-hybridized carbons (Fsp3) is 0.308. The second kappa shape index (κ2) is 9.30. The van der Waals surface area contributed by atoms with Crippen molar-refractivity contribution in [1.29, 1.82) is 0 Å². The number of carbonyl (C=O) groups excluding carboxylic acids is 2. The van der Waals surface area contributed by atoms with Crippen LogP contribution in [0, 0.1) is 5.41 Å². The molecule has 1 atom stereocenters. The van der Waals surface area contributed by atoms with Crippen molar-refractivity contribution in [2.75, 3.05) is 27.2 Å². The molecule has 3 aromatic rings. The van der Waals surface area contributed by atoms with Gasteiger partial charge < -0.3 is 9.80 Å². The third-order valence-electron chi connectivity index (χ3n) is 6.14. The average Bonchev–Trinajstić information content (AvgIpc) is 2.84. The Morgan fingerprint density at radius 1 is 0.969 bits per heavy atom. The van der Waals surface area contributed by atoms with Gasteiger partial charge in [0.05, 0.1) is 11.0 Å². The lowest BCUT2D eigenvalue weighted by Gasteiger charge is -2.43. The first-order valence-electron chi connectivity index (χ1n) is 10.9. The molecule has 0 unspecified atom stereocenters. The van der Waals surface area contributed by atoms with Crippen molar-refractivity contribution >= 4 is 11.8 Å². The normalized spacial score (nSPS) is 18.2. The van der Waals surface area contributed by atoms with Crippen molar-refractivity contribution in [2.45, 2.75) is 19.3 Å². The van der Waals surface area contributed by atoms with Crippen LogP contribution in [0.4, 0.5) is 0 Å². The van der Waals surface area contributed by atoms with Gasteiger partial charge in [0.1, 0.15) is 0 Å². The Hall–Kier alpha value is -3.54. The number of pyridine rings is 2. The molecule has 0 bridgehead atoms. The van der Waals surface area contributed by atoms with E-state index in [2.05, 4.69) is 34.2 Å². The summed E-state index contributed by atoms with van der Waals surface area (Å²) in [5, 5.41) is 0. The molecule has 1 saturated heterocycles. The number of amides is 2. The van der Waals surface area contributed by atoms with Crippen LogP contribution in [0.5, 0.6) is 0 Å². The maximum Gasteiger partial charge on any atom is 0.255 e. The maximum atomic E-state index is 13.4. The minimum atomic E-state index is -0.641. The van der Waals surface area contributed by atoms with Crippen LogP contribution in [-0.2, 0) is 11.2 Å². The lowest BCUT2D eigenvalue weighted by atomic mass is 9.73. The summed E-state index contributed by atoms with van der Waals surface area (Å²) < 4.78 is 0. The van der Waals surface area contributed by atoms with Gasteiger partial charge in [-0.1, -0.05) is 24.3 Å². The largest absolute Gasteiger partial charge is 0.348 e. The average molecular weight is 429 g/mol. The molecule has 0 saturated carbocycles. The number of carbonyl (C=O) groups is 2. The molecule has 1 aliphatic heterocycles. The van der Waals surface area contributed by atoms with Crippen molar-refractivity contribution in [2.24, 2.45) is 5.41 Å². The van der Waals surface area contributed by atoms with E-state index in [0.29, 0.717) is 25.1 Å². The summed E-state index contributed by atoms with van der Waals surface area (Å²) in [6.45, 7) is 1.06. The van der Waals surface area contributed by atoms with Crippen molar-refractivity contribution < 1.29 is 9.59 Å². The molecule has 164 valence electrons. The summed E-state index contributed by atoms with van der Waals surface area (Å²) in [5.74, 6) is 0.00108. The molecule has 1 aliphatic rings. The van der Waals surface area contributed by atoms with Gasteiger partial charge in [-0.05, 0) is 60.2 Å². The van der Waals surface area contributed by atoms with Gasteiger partial charge >= 0.3 is 0 Å². The maximum absolute atomic E-state index is 13.4. The predicted octanol–water partition coefficient (Wildman–Crippen LogP) is 3.70. The molecular formula is C26H28N4O2. The summed E-state index contributed by atoms with van der Waals surface area (Å²) in [7, 11) is 3.58. The molecule has 0 spiro atoms. The highest BCUT2D eigenvalue weighted by molar-refractivity contribution is 5.94. The van der Waals surface area contributed by atoms with E-state index < -0.39 is 5.41 Å². The number of aromatic nitrogens is 2. The number of nitrogens with zero attached hydrogens (tertiary/aromatic N) is 4. The van der Waals surface area contributed by atoms with Gasteiger partial charge in [0.2, 0.25) is 5.91 Å². The van der Waals surface area contributed by atoms with Crippen LogP contribution in [0.2, 0.25) is 0 Å². The van der Waals surface area contributed by atoms with Crippen molar-refractivity contribution in [3.8, 4) is 11.1 Å². The molecule has 3 heterocycles. The van der Waals surface area contributed by atoms with E-state index in [1.807, 2.05) is 17.0 Å². The second-order valence-electron chi connectivity index (χ2n) is 8.66. The summed E-state index contributed by atoms with van der Waals surface area (Å²) >= 11 is 0. The number of hydrogen-bond acceptors (Lipinski definition) is 4. The van der Waals surface area contributed by atoms with Gasteiger partial charge in [-0.25, -0.2) is 0 Å². The summed E-state index contributed by atoms with van der Waals surface area (Å²) in [5.41, 5.74) is 3.23. The summed E-state index contributed by atoms with van der Waals surface area (Å²) in [6, 6.07) is 15.8. The smallest absolute Gasteiger partial charge is 0.255 e. The van der Waals surface area contributed by atoms with Crippen LogP contribution in [0.3, 0.4) is 0 Å². The van der Waals surface area contributed by atoms with E-state index in [1.165, 1.54) is 0 Å². The molecule has 2 amide bonds. The monoisotopic (exact) mass is 428 g/mol. The highest BCUT2D eigenvalue weighted by atomic mass is 16.2. The van der Waals surface area contributed by atoms with Crippen LogP contribution >= 0.6 is 0 Å². The van der Waals surface area contributed by atoms with Gasteiger partial charge in [0, 0.05) is 52.0 Å². The molecule has 2 aromatic heterocycles. The predicted molar refractivity (Wildman–Crippen MR) is 124 cm³/mol. The number of likely N-dealkylation sites (tertiary alicyclic amines) is 1. The van der Waals surface area contributed by atoms with Gasteiger partial charge in [-0.15, -0.1) is 0 Å². The first kappa shape index (κ1) is 21.7. The number of rotatable bonds is 5. The molecule has 0 aliphatic carbocycles. The molecule has 0 radical (unpaired) electrons. The topological polar surface area (TPSA) is 66.4 Å². The quantitative estimate of drug-likeness (QED) is 0.622. The Morgan fingerprint density at radius 3 is 2.34 bits per heavy atom. The Morgan fingerprint density at radius 2 is 1.69 bits per heavy atom. The second-order valence-corrected chi connectivity index (χ2v) is 8.66. The highest BCUT2D eigenvalue weighted by Gasteiger charge is 2.44. The highest BCUT2D eigenvalue weighted by Crippen LogP contribution is 2.36. The zero-order chi connectivity index (χ0) is 22.6. The molecule has 1 aromatic carbocycles. The van der Waals surface area contributed by atoms with E-state index >= 15 is 0 Å². The van der Waals surface area contributed by atoms with Gasteiger partial charge in [-0.3, -0.25) is 19.6 Å². The van der Waals surface area contributed by atoms with Crippen molar-refractivity contribution in [3.05, 3.63) is 84.4 Å². The van der Waals surface area contributed by atoms with Crippen LogP contribution in [-0.4, -0.2) is 58.8 Å². The summed E-state index contributed by atoms with van der Waals surface area (Å²) in [4.78, 5) is 38.1. The first-order valence-corrected chi connectivity index (χ1v) is 10.9. The van der Waals surface area contributed by atoms with Gasteiger partial charge in [0.15, 0.2) is 0 Å². The first-order chi connectivity index (χ1) is 15.5. The molecule has 6 nitrogen and oxygen atoms in total. The summed E-state index contributed by atoms with van der Waals surface area (Å²) in [6.07, 6.45) is 8.95. The number of hydrogen-bond donors (Lipinski definition) is 0. The van der Waals surface area contributed by atoms with E-state index in [9.17, 15) is 9.59 Å². The molecule has 32 heavy (non-hydrogen) atoms. The minimum Gasteiger partial charge on any atom is -0.348 e.